The van der Waals surface area contributed by atoms with Crippen molar-refractivity contribution in [3.63, 3.8) is 0 Å². The number of alkyl carbamates (subject to hydrolysis) is 1. The Morgan fingerprint density at radius 3 is 2.68 bits per heavy atom. The third kappa shape index (κ3) is 4.05. The van der Waals surface area contributed by atoms with E-state index >= 15 is 0 Å². The van der Waals surface area contributed by atoms with E-state index in [1.165, 1.54) is 0 Å². The first kappa shape index (κ1) is 16.9. The predicted molar refractivity (Wildman–Crippen MR) is 88.6 cm³/mol. The second kappa shape index (κ2) is 6.34. The zero-order valence-electron chi connectivity index (χ0n) is 13.0. The van der Waals surface area contributed by atoms with E-state index in [1.54, 1.807) is 12.1 Å². The van der Waals surface area contributed by atoms with Crippen LogP contribution in [0.2, 0.25) is 10.0 Å². The van der Waals surface area contributed by atoms with Crippen molar-refractivity contribution in [2.75, 3.05) is 13.6 Å². The molecule has 1 aromatic rings. The number of benzene rings is 1. The average molecular weight is 344 g/mol. The van der Waals surface area contributed by atoms with E-state index in [2.05, 4.69) is 10.3 Å². The van der Waals surface area contributed by atoms with Gasteiger partial charge >= 0.3 is 6.09 Å². The van der Waals surface area contributed by atoms with E-state index < -0.39 is 11.7 Å². The topological polar surface area (TPSA) is 53.9 Å². The number of hydrogen-bond acceptors (Lipinski definition) is 4. The van der Waals surface area contributed by atoms with Crippen LogP contribution < -0.4 is 5.32 Å². The lowest BCUT2D eigenvalue weighted by Gasteiger charge is -2.25. The first-order valence-electron chi connectivity index (χ1n) is 6.89. The van der Waals surface area contributed by atoms with E-state index in [4.69, 9.17) is 27.9 Å². The van der Waals surface area contributed by atoms with Crippen LogP contribution in [0.15, 0.2) is 23.2 Å². The molecule has 22 heavy (non-hydrogen) atoms. The Labute approximate surface area is 140 Å². The first-order chi connectivity index (χ1) is 10.2. The van der Waals surface area contributed by atoms with Crippen LogP contribution in [0.25, 0.3) is 0 Å². The highest BCUT2D eigenvalue weighted by atomic mass is 35.5. The molecule has 1 aliphatic rings. The number of hydrogen-bond donors (Lipinski definition) is 1. The van der Waals surface area contributed by atoms with E-state index in [-0.39, 0.29) is 6.04 Å². The number of nitrogens with one attached hydrogen (secondary N) is 1. The van der Waals surface area contributed by atoms with E-state index in [1.807, 2.05) is 38.8 Å². The van der Waals surface area contributed by atoms with Gasteiger partial charge in [-0.25, -0.2) is 4.79 Å². The highest BCUT2D eigenvalue weighted by Crippen LogP contribution is 2.31. The van der Waals surface area contributed by atoms with Crippen LogP contribution in [-0.4, -0.2) is 36.1 Å². The molecule has 1 aromatic carbocycles. The lowest BCUT2D eigenvalue weighted by atomic mass is 10.1. The van der Waals surface area contributed by atoms with Crippen molar-refractivity contribution >= 4 is 35.3 Å². The molecule has 2 rings (SSSR count). The van der Waals surface area contributed by atoms with Crippen LogP contribution in [0.3, 0.4) is 0 Å². The molecule has 0 aromatic heterocycles. The summed E-state index contributed by atoms with van der Waals surface area (Å²) in [5, 5.41) is 3.83. The molecule has 1 N–H and O–H groups in total. The summed E-state index contributed by atoms with van der Waals surface area (Å²) >= 11 is 12.2. The molecule has 0 aliphatic carbocycles. The Morgan fingerprint density at radius 2 is 2.09 bits per heavy atom. The molecule has 0 bridgehead atoms. The Bertz CT molecular complexity index is 611. The van der Waals surface area contributed by atoms with Gasteiger partial charge in [0.05, 0.1) is 12.6 Å². The third-order valence-corrected chi connectivity index (χ3v) is 3.71. The van der Waals surface area contributed by atoms with Gasteiger partial charge in [0.1, 0.15) is 5.60 Å². The molecule has 0 fully saturated rings. The van der Waals surface area contributed by atoms with Crippen LogP contribution in [0.1, 0.15) is 32.4 Å². The minimum absolute atomic E-state index is 0.0466. The number of halogens is 2. The van der Waals surface area contributed by atoms with Crippen LogP contribution in [0.5, 0.6) is 0 Å². The molecule has 0 spiro atoms. The fraction of sp³-hybridized carbons (Fsp3) is 0.467. The Balaban J connectivity index is 2.06. The highest BCUT2D eigenvalue weighted by molar-refractivity contribution is 6.35. The van der Waals surface area contributed by atoms with Crippen molar-refractivity contribution in [1.29, 1.82) is 0 Å². The van der Waals surface area contributed by atoms with Gasteiger partial charge in [-0.2, -0.15) is 0 Å². The number of carbonyl (C=O) groups is 1. The summed E-state index contributed by atoms with van der Waals surface area (Å²) in [5.41, 5.74) is 0.360. The Morgan fingerprint density at radius 1 is 1.41 bits per heavy atom. The number of guanidine groups is 1. The van der Waals surface area contributed by atoms with Gasteiger partial charge in [-0.3, -0.25) is 10.3 Å². The van der Waals surface area contributed by atoms with E-state index in [0.29, 0.717) is 22.5 Å². The highest BCUT2D eigenvalue weighted by Gasteiger charge is 2.29. The van der Waals surface area contributed by atoms with E-state index in [0.717, 1.165) is 5.56 Å². The van der Waals surface area contributed by atoms with Crippen molar-refractivity contribution in [2.45, 2.75) is 32.4 Å². The summed E-state index contributed by atoms with van der Waals surface area (Å²) in [5.74, 6) is 0.463. The summed E-state index contributed by atoms with van der Waals surface area (Å²) < 4.78 is 5.23. The minimum Gasteiger partial charge on any atom is -0.444 e. The van der Waals surface area contributed by atoms with Crippen LogP contribution in [0.4, 0.5) is 4.79 Å². The van der Waals surface area contributed by atoms with Gasteiger partial charge in [0.15, 0.2) is 0 Å². The first-order valence-corrected chi connectivity index (χ1v) is 7.65. The summed E-state index contributed by atoms with van der Waals surface area (Å²) in [6.45, 7) is 5.93. The molecule has 1 heterocycles. The fourth-order valence-electron chi connectivity index (χ4n) is 2.16. The molecule has 0 radical (unpaired) electrons. The molecule has 5 nitrogen and oxygen atoms in total. The van der Waals surface area contributed by atoms with Crippen molar-refractivity contribution in [1.82, 2.24) is 10.2 Å². The second-order valence-corrected chi connectivity index (χ2v) is 6.93. The Hall–Kier alpha value is -1.46. The smallest absolute Gasteiger partial charge is 0.414 e. The number of nitrogens with zero attached hydrogens (tertiary/aromatic N) is 2. The molecule has 1 atom stereocenters. The van der Waals surface area contributed by atoms with Crippen molar-refractivity contribution in [2.24, 2.45) is 4.99 Å². The maximum absolute atomic E-state index is 11.8. The fourth-order valence-corrected chi connectivity index (χ4v) is 2.69. The number of amides is 1. The second-order valence-electron chi connectivity index (χ2n) is 6.08. The molecule has 0 saturated carbocycles. The van der Waals surface area contributed by atoms with Crippen LogP contribution in [0, 0.1) is 0 Å². The summed E-state index contributed by atoms with van der Waals surface area (Å²) in [7, 11) is 1.85. The van der Waals surface area contributed by atoms with Crippen molar-refractivity contribution in [3.8, 4) is 0 Å². The zero-order chi connectivity index (χ0) is 16.5. The van der Waals surface area contributed by atoms with Gasteiger partial charge in [-0.05, 0) is 38.5 Å². The lowest BCUT2D eigenvalue weighted by Crippen LogP contribution is -2.43. The van der Waals surface area contributed by atoms with Crippen LogP contribution >= 0.6 is 23.2 Å². The molecule has 0 saturated heterocycles. The largest absolute Gasteiger partial charge is 0.444 e. The van der Waals surface area contributed by atoms with Gasteiger partial charge in [-0.15, -0.1) is 0 Å². The summed E-state index contributed by atoms with van der Waals surface area (Å²) in [6, 6.07) is 5.31. The van der Waals surface area contributed by atoms with Gasteiger partial charge in [0, 0.05) is 17.1 Å². The summed E-state index contributed by atoms with van der Waals surface area (Å²) in [4.78, 5) is 18.0. The van der Waals surface area contributed by atoms with Gasteiger partial charge in [0.2, 0.25) is 5.96 Å². The maximum atomic E-state index is 11.8. The number of carbonyl (C=O) groups excluding carboxylic acids is 1. The van der Waals surface area contributed by atoms with Gasteiger partial charge < -0.3 is 9.64 Å². The monoisotopic (exact) mass is 343 g/mol. The van der Waals surface area contributed by atoms with Crippen molar-refractivity contribution < 1.29 is 9.53 Å². The molecule has 7 heteroatoms. The number of ether oxygens (including phenoxy) is 1. The normalized spacial score (nSPS) is 18.2. The molecule has 120 valence electrons. The molecule has 1 amide bonds. The minimum atomic E-state index is -0.555. The van der Waals surface area contributed by atoms with Crippen molar-refractivity contribution in [3.05, 3.63) is 33.8 Å². The quantitative estimate of drug-likeness (QED) is 0.842. The molecular weight excluding hydrogens is 325 g/mol. The summed E-state index contributed by atoms with van der Waals surface area (Å²) in [6.07, 6.45) is -0.527. The molecule has 1 unspecified atom stereocenters. The predicted octanol–water partition coefficient (Wildman–Crippen LogP) is 3.86. The molecular formula is C15H19Cl2N3O2. The SMILES string of the molecule is CN1C(NC(=O)OC(C)(C)C)=NCC1c1ccc(Cl)cc1Cl. The van der Waals surface area contributed by atoms with Gasteiger partial charge in [0.25, 0.3) is 0 Å². The number of rotatable bonds is 1. The maximum Gasteiger partial charge on any atom is 0.414 e. The third-order valence-electron chi connectivity index (χ3n) is 3.15. The average Bonchev–Trinajstić information content (AvgIpc) is 2.69. The Kier molecular flexibility index (Phi) is 4.87. The lowest BCUT2D eigenvalue weighted by molar-refractivity contribution is 0.0557. The van der Waals surface area contributed by atoms with E-state index in [9.17, 15) is 4.79 Å². The standard InChI is InChI=1S/C15H19Cl2N3O2/c1-15(2,3)22-14(21)19-13-18-8-12(20(13)4)10-6-5-9(16)7-11(10)17/h5-7,12H,8H2,1-4H3,(H,18,19,21). The number of likely N-dealkylation sites (N-methyl/N-ethyl adjacent to an activating group) is 1. The molecule has 1 aliphatic heterocycles. The van der Waals surface area contributed by atoms with Crippen LogP contribution in [-0.2, 0) is 4.74 Å². The zero-order valence-corrected chi connectivity index (χ0v) is 14.5. The van der Waals surface area contributed by atoms with Gasteiger partial charge in [-0.1, -0.05) is 29.3 Å². The number of aliphatic imine (C=N–C) groups is 1.